The van der Waals surface area contributed by atoms with Gasteiger partial charge < -0.3 is 15.6 Å². The zero-order valence-electron chi connectivity index (χ0n) is 14.9. The van der Waals surface area contributed by atoms with E-state index in [0.717, 1.165) is 27.7 Å². The Kier molecular flexibility index (Phi) is 5.59. The van der Waals surface area contributed by atoms with Crippen LogP contribution in [0.2, 0.25) is 0 Å². The first-order valence-electron chi connectivity index (χ1n) is 8.63. The zero-order valence-corrected chi connectivity index (χ0v) is 15.7. The molecule has 0 spiro atoms. The maximum atomic E-state index is 12.4. The molecule has 1 atom stereocenters. The first-order chi connectivity index (χ1) is 12.6. The van der Waals surface area contributed by atoms with Gasteiger partial charge in [-0.15, -0.1) is 11.3 Å². The molecule has 0 fully saturated rings. The summed E-state index contributed by atoms with van der Waals surface area (Å²) in [6.07, 6.45) is 2.63. The molecule has 3 rings (SSSR count). The van der Waals surface area contributed by atoms with Crippen molar-refractivity contribution in [1.29, 1.82) is 5.26 Å². The number of hydrogen-bond acceptors (Lipinski definition) is 4. The van der Waals surface area contributed by atoms with Crippen molar-refractivity contribution < 1.29 is 4.79 Å². The number of nitriles is 1. The van der Waals surface area contributed by atoms with Crippen molar-refractivity contribution in [2.75, 3.05) is 11.9 Å². The predicted octanol–water partition coefficient (Wildman–Crippen LogP) is 4.36. The fourth-order valence-electron chi connectivity index (χ4n) is 2.99. The predicted molar refractivity (Wildman–Crippen MR) is 107 cm³/mol. The monoisotopic (exact) mass is 366 g/mol. The minimum Gasteiger partial charge on any atom is -0.372 e. The standard InChI is InChI=1S/C20H22N4OS/c1-13(2)9-18(20(25)23-8-6-21)24-19-12-26-11-16(19)14-3-4-17-15(10-14)5-7-22-17/h3-5,7,10-13,18,22,24H,8-9H2,1-2H3,(H,23,25)/t18-/m0/s1. The number of nitrogens with zero attached hydrogens (tertiary/aromatic N) is 1. The number of anilines is 1. The Hall–Kier alpha value is -2.78. The molecule has 3 aromatic rings. The molecule has 0 aliphatic carbocycles. The summed E-state index contributed by atoms with van der Waals surface area (Å²) in [5.41, 5.74) is 4.25. The maximum absolute atomic E-state index is 12.4. The highest BCUT2D eigenvalue weighted by atomic mass is 32.1. The molecule has 26 heavy (non-hydrogen) atoms. The molecule has 2 heterocycles. The highest BCUT2D eigenvalue weighted by molar-refractivity contribution is 7.08. The van der Waals surface area contributed by atoms with Gasteiger partial charge in [0.05, 0.1) is 11.8 Å². The van der Waals surface area contributed by atoms with E-state index in [1.165, 1.54) is 0 Å². The van der Waals surface area contributed by atoms with Crippen LogP contribution in [0.15, 0.2) is 41.2 Å². The Morgan fingerprint density at radius 1 is 1.31 bits per heavy atom. The molecule has 0 radical (unpaired) electrons. The van der Waals surface area contributed by atoms with Gasteiger partial charge in [-0.1, -0.05) is 19.9 Å². The number of fused-ring (bicyclic) bond motifs is 1. The average molecular weight is 366 g/mol. The van der Waals surface area contributed by atoms with Crippen LogP contribution in [0.25, 0.3) is 22.0 Å². The normalized spacial score (nSPS) is 12.1. The fraction of sp³-hybridized carbons (Fsp3) is 0.300. The average Bonchev–Trinajstić information content (AvgIpc) is 3.26. The van der Waals surface area contributed by atoms with Crippen molar-refractivity contribution in [3.8, 4) is 17.2 Å². The summed E-state index contributed by atoms with van der Waals surface area (Å²) >= 11 is 1.60. The molecule has 3 N–H and O–H groups in total. The summed E-state index contributed by atoms with van der Waals surface area (Å²) in [6, 6.07) is 9.93. The number of carbonyl (C=O) groups excluding carboxylic acids is 1. The van der Waals surface area contributed by atoms with Crippen LogP contribution in [-0.4, -0.2) is 23.5 Å². The maximum Gasteiger partial charge on any atom is 0.243 e. The number of thiophene rings is 1. The van der Waals surface area contributed by atoms with E-state index < -0.39 is 0 Å². The second kappa shape index (κ2) is 8.07. The lowest BCUT2D eigenvalue weighted by Crippen LogP contribution is -2.40. The molecule has 6 heteroatoms. The zero-order chi connectivity index (χ0) is 18.5. The molecule has 5 nitrogen and oxygen atoms in total. The van der Waals surface area contributed by atoms with Crippen molar-refractivity contribution in [3.63, 3.8) is 0 Å². The number of aromatic nitrogens is 1. The van der Waals surface area contributed by atoms with E-state index in [1.54, 1.807) is 11.3 Å². The molecule has 1 amide bonds. The third-order valence-electron chi connectivity index (χ3n) is 4.22. The van der Waals surface area contributed by atoms with E-state index in [9.17, 15) is 4.79 Å². The van der Waals surface area contributed by atoms with E-state index >= 15 is 0 Å². The molecule has 1 aromatic carbocycles. The Morgan fingerprint density at radius 2 is 2.15 bits per heavy atom. The van der Waals surface area contributed by atoms with E-state index in [1.807, 2.05) is 17.6 Å². The third kappa shape index (κ3) is 4.06. The van der Waals surface area contributed by atoms with Crippen molar-refractivity contribution in [3.05, 3.63) is 41.2 Å². The second-order valence-corrected chi connectivity index (χ2v) is 7.42. The summed E-state index contributed by atoms with van der Waals surface area (Å²) < 4.78 is 0. The molecule has 0 saturated heterocycles. The van der Waals surface area contributed by atoms with Gasteiger partial charge in [0.15, 0.2) is 0 Å². The lowest BCUT2D eigenvalue weighted by atomic mass is 10.0. The Bertz CT molecular complexity index is 935. The van der Waals surface area contributed by atoms with Crippen LogP contribution in [0.3, 0.4) is 0 Å². The number of amides is 1. The number of hydrogen-bond donors (Lipinski definition) is 3. The van der Waals surface area contributed by atoms with Crippen LogP contribution in [-0.2, 0) is 4.79 Å². The molecular weight excluding hydrogens is 344 g/mol. The Morgan fingerprint density at radius 3 is 2.92 bits per heavy atom. The van der Waals surface area contributed by atoms with Crippen LogP contribution in [0.4, 0.5) is 5.69 Å². The van der Waals surface area contributed by atoms with Gasteiger partial charge in [0.1, 0.15) is 12.6 Å². The molecule has 134 valence electrons. The number of H-pyrrole nitrogens is 1. The van der Waals surface area contributed by atoms with Gasteiger partial charge >= 0.3 is 0 Å². The van der Waals surface area contributed by atoms with Crippen molar-refractivity contribution in [2.24, 2.45) is 5.92 Å². The van der Waals surface area contributed by atoms with Gasteiger partial charge in [-0.3, -0.25) is 4.79 Å². The van der Waals surface area contributed by atoms with Gasteiger partial charge in [-0.2, -0.15) is 5.26 Å². The first kappa shape index (κ1) is 18.0. The molecule has 0 aliphatic rings. The highest BCUT2D eigenvalue weighted by Crippen LogP contribution is 2.34. The minimum absolute atomic E-state index is 0.0236. The molecule has 2 aromatic heterocycles. The lowest BCUT2D eigenvalue weighted by Gasteiger charge is -2.21. The van der Waals surface area contributed by atoms with Crippen molar-refractivity contribution in [1.82, 2.24) is 10.3 Å². The number of aromatic amines is 1. The lowest BCUT2D eigenvalue weighted by molar-refractivity contribution is -0.121. The molecule has 0 unspecified atom stereocenters. The van der Waals surface area contributed by atoms with Crippen LogP contribution in [0.1, 0.15) is 20.3 Å². The van der Waals surface area contributed by atoms with Crippen molar-refractivity contribution in [2.45, 2.75) is 26.3 Å². The Labute approximate surface area is 157 Å². The summed E-state index contributed by atoms with van der Waals surface area (Å²) in [5, 5.41) is 20.0. The van der Waals surface area contributed by atoms with Gasteiger partial charge in [-0.05, 0) is 41.5 Å². The highest BCUT2D eigenvalue weighted by Gasteiger charge is 2.21. The van der Waals surface area contributed by atoms with Gasteiger partial charge in [0.25, 0.3) is 0 Å². The van der Waals surface area contributed by atoms with Crippen LogP contribution >= 0.6 is 11.3 Å². The van der Waals surface area contributed by atoms with Gasteiger partial charge in [0.2, 0.25) is 5.91 Å². The molecular formula is C20H22N4OS. The van der Waals surface area contributed by atoms with Gasteiger partial charge in [0, 0.05) is 28.0 Å². The smallest absolute Gasteiger partial charge is 0.243 e. The number of rotatable bonds is 7. The number of nitrogens with one attached hydrogen (secondary N) is 3. The van der Waals surface area contributed by atoms with E-state index in [-0.39, 0.29) is 18.5 Å². The summed E-state index contributed by atoms with van der Waals surface area (Å²) in [6.45, 7) is 4.19. The molecule has 0 bridgehead atoms. The summed E-state index contributed by atoms with van der Waals surface area (Å²) in [5.74, 6) is 0.220. The topological polar surface area (TPSA) is 80.7 Å². The summed E-state index contributed by atoms with van der Waals surface area (Å²) in [7, 11) is 0. The molecule has 0 aliphatic heterocycles. The van der Waals surface area contributed by atoms with Crippen molar-refractivity contribution >= 4 is 33.8 Å². The van der Waals surface area contributed by atoms with Gasteiger partial charge in [-0.25, -0.2) is 0 Å². The number of benzene rings is 1. The van der Waals surface area contributed by atoms with Crippen LogP contribution in [0.5, 0.6) is 0 Å². The van der Waals surface area contributed by atoms with Crippen LogP contribution < -0.4 is 10.6 Å². The Balaban J connectivity index is 1.85. The van der Waals surface area contributed by atoms with E-state index in [4.69, 9.17) is 5.26 Å². The summed E-state index contributed by atoms with van der Waals surface area (Å²) in [4.78, 5) is 15.6. The third-order valence-corrected chi connectivity index (χ3v) is 4.96. The number of carbonyl (C=O) groups is 1. The van der Waals surface area contributed by atoms with Crippen LogP contribution in [0, 0.1) is 17.2 Å². The second-order valence-electron chi connectivity index (χ2n) is 6.68. The first-order valence-corrected chi connectivity index (χ1v) is 9.57. The molecule has 0 saturated carbocycles. The fourth-order valence-corrected chi connectivity index (χ4v) is 3.79. The quantitative estimate of drug-likeness (QED) is 0.543. The van der Waals surface area contributed by atoms with E-state index in [0.29, 0.717) is 12.3 Å². The van der Waals surface area contributed by atoms with E-state index in [2.05, 4.69) is 59.1 Å². The minimum atomic E-state index is -0.368. The largest absolute Gasteiger partial charge is 0.372 e. The SMILES string of the molecule is CC(C)C[C@H](Nc1cscc1-c1ccc2[nH]ccc2c1)C(=O)NCC#N.